The Kier molecular flexibility index (Phi) is 6.74. The number of nitrogens with zero attached hydrogens (tertiary/aromatic N) is 3. The van der Waals surface area contributed by atoms with E-state index in [2.05, 4.69) is 30.3 Å². The second-order valence-electron chi connectivity index (χ2n) is 6.95. The number of aromatic nitrogens is 3. The van der Waals surface area contributed by atoms with Gasteiger partial charge in [0.2, 0.25) is 0 Å². The lowest BCUT2D eigenvalue weighted by Crippen LogP contribution is -2.13. The summed E-state index contributed by atoms with van der Waals surface area (Å²) in [5.41, 5.74) is 1.12. The van der Waals surface area contributed by atoms with Crippen LogP contribution < -0.4 is 24.8 Å². The smallest absolute Gasteiger partial charge is 0.262 e. The summed E-state index contributed by atoms with van der Waals surface area (Å²) < 4.78 is 38.5. The third-order valence-corrected chi connectivity index (χ3v) is 6.04. The summed E-state index contributed by atoms with van der Waals surface area (Å²) in [7, 11) is -0.886. The standard InChI is InChI=1S/C23H22N6O4S/c1-32-19-11-10-18(13-20(19)33-2)34(30,31)29-17-8-6-16(7-9-17)27-22-14-23(26-15-25-22)28-21-5-3-4-12-24-21/h3-15,29H,1-2H3,(H2,24,25,26,27,28). The molecule has 3 N–H and O–H groups in total. The fourth-order valence-corrected chi connectivity index (χ4v) is 4.10. The average molecular weight is 479 g/mol. The third-order valence-electron chi connectivity index (χ3n) is 4.66. The number of hydrogen-bond donors (Lipinski definition) is 3. The van der Waals surface area contributed by atoms with Crippen molar-refractivity contribution in [3.8, 4) is 11.5 Å². The number of hydrogen-bond acceptors (Lipinski definition) is 9. The molecule has 0 radical (unpaired) electrons. The summed E-state index contributed by atoms with van der Waals surface area (Å²) in [5, 5.41) is 6.26. The molecule has 0 unspecified atom stereocenters. The van der Waals surface area contributed by atoms with Crippen LogP contribution in [0.4, 0.5) is 28.8 Å². The predicted molar refractivity (Wildman–Crippen MR) is 130 cm³/mol. The van der Waals surface area contributed by atoms with Gasteiger partial charge in [0.1, 0.15) is 23.8 Å². The van der Waals surface area contributed by atoms with Crippen LogP contribution in [-0.4, -0.2) is 37.6 Å². The summed E-state index contributed by atoms with van der Waals surface area (Å²) in [4.78, 5) is 12.7. The largest absolute Gasteiger partial charge is 0.493 e. The van der Waals surface area contributed by atoms with Crippen molar-refractivity contribution in [2.75, 3.05) is 29.6 Å². The molecule has 4 aromatic rings. The lowest BCUT2D eigenvalue weighted by molar-refractivity contribution is 0.354. The van der Waals surface area contributed by atoms with Crippen LogP contribution in [0.5, 0.6) is 11.5 Å². The van der Waals surface area contributed by atoms with Gasteiger partial charge in [0.15, 0.2) is 11.5 Å². The maximum atomic E-state index is 12.8. The van der Waals surface area contributed by atoms with Crippen molar-refractivity contribution in [1.82, 2.24) is 15.0 Å². The van der Waals surface area contributed by atoms with Gasteiger partial charge < -0.3 is 20.1 Å². The highest BCUT2D eigenvalue weighted by Crippen LogP contribution is 2.30. The predicted octanol–water partition coefficient (Wildman–Crippen LogP) is 4.18. The van der Waals surface area contributed by atoms with Crippen LogP contribution in [-0.2, 0) is 10.0 Å². The van der Waals surface area contributed by atoms with Crippen LogP contribution in [0.3, 0.4) is 0 Å². The van der Waals surface area contributed by atoms with Crippen LogP contribution >= 0.6 is 0 Å². The SMILES string of the molecule is COc1ccc(S(=O)(=O)Nc2ccc(Nc3cc(Nc4ccccn4)ncn3)cc2)cc1OC. The molecular weight excluding hydrogens is 456 g/mol. The van der Waals surface area contributed by atoms with Gasteiger partial charge in [-0.25, -0.2) is 23.4 Å². The van der Waals surface area contributed by atoms with Gasteiger partial charge in [-0.05, 0) is 48.5 Å². The van der Waals surface area contributed by atoms with Crippen molar-refractivity contribution < 1.29 is 17.9 Å². The summed E-state index contributed by atoms with van der Waals surface area (Å²) in [6.07, 6.45) is 3.11. The van der Waals surface area contributed by atoms with Crippen molar-refractivity contribution in [3.63, 3.8) is 0 Å². The molecule has 2 aromatic heterocycles. The molecule has 174 valence electrons. The van der Waals surface area contributed by atoms with Crippen molar-refractivity contribution in [2.24, 2.45) is 0 Å². The fraction of sp³-hybridized carbons (Fsp3) is 0.0870. The summed E-state index contributed by atoms with van der Waals surface area (Å²) in [5.74, 6) is 2.58. The van der Waals surface area contributed by atoms with Gasteiger partial charge in [0.25, 0.3) is 10.0 Å². The highest BCUT2D eigenvalue weighted by Gasteiger charge is 2.17. The quantitative estimate of drug-likeness (QED) is 0.325. The Balaban J connectivity index is 1.44. The molecule has 4 rings (SSSR count). The van der Waals surface area contributed by atoms with Gasteiger partial charge in [0, 0.05) is 29.7 Å². The summed E-state index contributed by atoms with van der Waals surface area (Å²) in [6, 6.07) is 18.4. The van der Waals surface area contributed by atoms with Crippen LogP contribution in [0.2, 0.25) is 0 Å². The molecule has 2 aromatic carbocycles. The van der Waals surface area contributed by atoms with Gasteiger partial charge >= 0.3 is 0 Å². The second kappa shape index (κ2) is 10.0. The molecule has 0 aliphatic carbocycles. The number of nitrogens with one attached hydrogen (secondary N) is 3. The molecule has 0 amide bonds. The molecule has 0 aliphatic rings. The summed E-state index contributed by atoms with van der Waals surface area (Å²) in [6.45, 7) is 0. The van der Waals surface area contributed by atoms with Crippen LogP contribution in [0, 0.1) is 0 Å². The maximum Gasteiger partial charge on any atom is 0.262 e. The Morgan fingerprint density at radius 3 is 2.09 bits per heavy atom. The first-order valence-electron chi connectivity index (χ1n) is 10.1. The lowest BCUT2D eigenvalue weighted by Gasteiger charge is -2.12. The minimum absolute atomic E-state index is 0.0567. The minimum Gasteiger partial charge on any atom is -0.493 e. The van der Waals surface area contributed by atoms with E-state index in [1.807, 2.05) is 18.2 Å². The van der Waals surface area contributed by atoms with Crippen molar-refractivity contribution >= 4 is 38.9 Å². The Labute approximate surface area is 197 Å². The molecule has 34 heavy (non-hydrogen) atoms. The highest BCUT2D eigenvalue weighted by molar-refractivity contribution is 7.92. The molecular formula is C23H22N6O4S. The lowest BCUT2D eigenvalue weighted by atomic mass is 10.3. The molecule has 0 saturated heterocycles. The Hall–Kier alpha value is -4.38. The molecule has 0 bridgehead atoms. The number of pyridine rings is 1. The molecule has 10 nitrogen and oxygen atoms in total. The van der Waals surface area contributed by atoms with Gasteiger partial charge in [-0.2, -0.15) is 0 Å². The van der Waals surface area contributed by atoms with Crippen molar-refractivity contribution in [3.05, 3.63) is 79.3 Å². The number of sulfonamides is 1. The zero-order chi connectivity index (χ0) is 24.0. The third kappa shape index (κ3) is 5.51. The van der Waals surface area contributed by atoms with E-state index in [0.717, 1.165) is 5.69 Å². The first-order chi connectivity index (χ1) is 16.5. The van der Waals surface area contributed by atoms with Gasteiger partial charge in [-0.1, -0.05) is 6.07 Å². The number of anilines is 5. The first kappa shape index (κ1) is 22.8. The van der Waals surface area contributed by atoms with Gasteiger partial charge in [-0.15, -0.1) is 0 Å². The monoisotopic (exact) mass is 478 g/mol. The highest BCUT2D eigenvalue weighted by atomic mass is 32.2. The average Bonchev–Trinajstić information content (AvgIpc) is 2.85. The zero-order valence-electron chi connectivity index (χ0n) is 18.4. The minimum atomic E-state index is -3.82. The number of rotatable bonds is 9. The van der Waals surface area contributed by atoms with Gasteiger partial charge in [-0.3, -0.25) is 4.72 Å². The Morgan fingerprint density at radius 1 is 0.706 bits per heavy atom. The molecule has 0 saturated carbocycles. The maximum absolute atomic E-state index is 12.8. The molecule has 2 heterocycles. The van der Waals surface area contributed by atoms with E-state index >= 15 is 0 Å². The normalized spacial score (nSPS) is 10.9. The van der Waals surface area contributed by atoms with Gasteiger partial charge in [0.05, 0.1) is 19.1 Å². The van der Waals surface area contributed by atoms with E-state index in [1.165, 1.54) is 32.7 Å². The van der Waals surface area contributed by atoms with Crippen LogP contribution in [0.1, 0.15) is 0 Å². The molecule has 11 heteroatoms. The molecule has 0 spiro atoms. The van der Waals surface area contributed by atoms with E-state index in [1.54, 1.807) is 42.6 Å². The van der Waals surface area contributed by atoms with Crippen molar-refractivity contribution in [2.45, 2.75) is 4.90 Å². The summed E-state index contributed by atoms with van der Waals surface area (Å²) >= 11 is 0. The molecule has 0 fully saturated rings. The van der Waals surface area contributed by atoms with E-state index in [-0.39, 0.29) is 4.90 Å². The number of methoxy groups -OCH3 is 2. The topological polar surface area (TPSA) is 127 Å². The zero-order valence-corrected chi connectivity index (χ0v) is 19.2. The number of ether oxygens (including phenoxy) is 2. The second-order valence-corrected chi connectivity index (χ2v) is 8.64. The Bertz CT molecular complexity index is 1370. The molecule has 0 aliphatic heterocycles. The first-order valence-corrected chi connectivity index (χ1v) is 11.6. The van der Waals surface area contributed by atoms with Crippen molar-refractivity contribution in [1.29, 1.82) is 0 Å². The number of benzene rings is 2. The van der Waals surface area contributed by atoms with E-state index < -0.39 is 10.0 Å². The van der Waals surface area contributed by atoms with Crippen LogP contribution in [0.25, 0.3) is 0 Å². The Morgan fingerprint density at radius 2 is 1.41 bits per heavy atom. The van der Waals surface area contributed by atoms with E-state index in [9.17, 15) is 8.42 Å². The van der Waals surface area contributed by atoms with Crippen LogP contribution in [0.15, 0.2) is 84.1 Å². The van der Waals surface area contributed by atoms with E-state index in [4.69, 9.17) is 9.47 Å². The van der Waals surface area contributed by atoms with E-state index in [0.29, 0.717) is 34.6 Å². The molecule has 0 atom stereocenters. The fourth-order valence-electron chi connectivity index (χ4n) is 3.03.